The molecule has 1 saturated heterocycles. The summed E-state index contributed by atoms with van der Waals surface area (Å²) in [4.78, 5) is 36.6. The van der Waals surface area contributed by atoms with Gasteiger partial charge in [0.1, 0.15) is 5.82 Å². The van der Waals surface area contributed by atoms with Crippen molar-refractivity contribution in [1.82, 2.24) is 15.1 Å². The molecular weight excluding hydrogens is 399 g/mol. The lowest BCUT2D eigenvalue weighted by atomic mass is 9.72. The Morgan fingerprint density at radius 1 is 1.13 bits per heavy atom. The van der Waals surface area contributed by atoms with E-state index in [1.165, 1.54) is 16.8 Å². The molecule has 1 fully saturated rings. The number of carbonyl (C=O) groups is 3. The van der Waals surface area contributed by atoms with Crippen LogP contribution in [-0.2, 0) is 15.0 Å². The summed E-state index contributed by atoms with van der Waals surface area (Å²) in [6.45, 7) is 1.92. The minimum atomic E-state index is -0.746. The number of rotatable bonds is 5. The van der Waals surface area contributed by atoms with Gasteiger partial charge in [-0.2, -0.15) is 5.10 Å². The van der Waals surface area contributed by atoms with E-state index in [0.29, 0.717) is 30.6 Å². The van der Waals surface area contributed by atoms with Crippen molar-refractivity contribution in [1.29, 1.82) is 0 Å². The van der Waals surface area contributed by atoms with Gasteiger partial charge in [0.2, 0.25) is 11.8 Å². The van der Waals surface area contributed by atoms with E-state index in [-0.39, 0.29) is 29.2 Å². The highest BCUT2D eigenvalue weighted by molar-refractivity contribution is 6.04. The topological polar surface area (TPSA) is 93.1 Å². The molecule has 1 aromatic heterocycles. The maximum atomic E-state index is 13.1. The summed E-state index contributed by atoms with van der Waals surface area (Å²) in [6.07, 6.45) is 2.95. The van der Waals surface area contributed by atoms with Crippen LogP contribution in [0, 0.1) is 5.82 Å². The van der Waals surface area contributed by atoms with Gasteiger partial charge in [-0.15, -0.1) is 0 Å². The number of imide groups is 1. The lowest BCUT2D eigenvalue weighted by Crippen LogP contribution is -2.51. The van der Waals surface area contributed by atoms with Gasteiger partial charge in [0.05, 0.1) is 11.1 Å². The van der Waals surface area contributed by atoms with Crippen molar-refractivity contribution in [2.24, 2.45) is 0 Å². The average Bonchev–Trinajstić information content (AvgIpc) is 3.26. The number of amides is 3. The first kappa shape index (κ1) is 20.5. The Kier molecular flexibility index (Phi) is 5.37. The lowest BCUT2D eigenvalue weighted by Gasteiger charge is -2.35. The number of hydrogen-bond acceptors (Lipinski definition) is 4. The summed E-state index contributed by atoms with van der Waals surface area (Å²) in [5.41, 5.74) is 1.47. The van der Waals surface area contributed by atoms with Crippen LogP contribution < -0.4 is 10.6 Å². The first-order chi connectivity index (χ1) is 14.9. The molecule has 3 amide bonds. The highest BCUT2D eigenvalue weighted by Gasteiger charge is 2.42. The summed E-state index contributed by atoms with van der Waals surface area (Å²) >= 11 is 0. The number of aromatic nitrogens is 2. The van der Waals surface area contributed by atoms with Crippen LogP contribution in [0.25, 0.3) is 5.69 Å². The molecule has 2 heterocycles. The first-order valence-electron chi connectivity index (χ1n) is 9.99. The quantitative estimate of drug-likeness (QED) is 0.619. The summed E-state index contributed by atoms with van der Waals surface area (Å²) in [7, 11) is 0. The molecule has 0 saturated carbocycles. The van der Waals surface area contributed by atoms with Gasteiger partial charge < -0.3 is 5.32 Å². The van der Waals surface area contributed by atoms with Crippen LogP contribution in [0.5, 0.6) is 0 Å². The van der Waals surface area contributed by atoms with Gasteiger partial charge in [-0.25, -0.2) is 9.07 Å². The van der Waals surface area contributed by atoms with Crippen molar-refractivity contribution in [3.63, 3.8) is 0 Å². The van der Waals surface area contributed by atoms with Gasteiger partial charge in [0.15, 0.2) is 5.69 Å². The average molecular weight is 420 g/mol. The summed E-state index contributed by atoms with van der Waals surface area (Å²) in [5, 5.41) is 9.45. The third kappa shape index (κ3) is 3.96. The Hall–Kier alpha value is -3.81. The molecule has 158 valence electrons. The molecule has 0 aliphatic carbocycles. The number of halogens is 1. The predicted octanol–water partition coefficient (Wildman–Crippen LogP) is 3.35. The van der Waals surface area contributed by atoms with Crippen LogP contribution in [0.2, 0.25) is 0 Å². The smallest absolute Gasteiger partial charge is 0.276 e. The van der Waals surface area contributed by atoms with Crippen LogP contribution in [0.15, 0.2) is 60.8 Å². The third-order valence-electron chi connectivity index (χ3n) is 5.68. The van der Waals surface area contributed by atoms with E-state index in [1.807, 2.05) is 6.92 Å². The minimum absolute atomic E-state index is 0.212. The molecule has 1 aliphatic heterocycles. The highest BCUT2D eigenvalue weighted by atomic mass is 19.1. The Morgan fingerprint density at radius 2 is 1.84 bits per heavy atom. The molecule has 31 heavy (non-hydrogen) atoms. The predicted molar refractivity (Wildman–Crippen MR) is 112 cm³/mol. The van der Waals surface area contributed by atoms with E-state index < -0.39 is 5.41 Å². The standard InChI is InChI=1S/C23H21FN4O3/c1-2-23(13-11-20(29)26-22(23)31)15-3-7-17(8-4-15)25-21(30)19-12-14-28(27-19)18-9-5-16(24)6-10-18/h3-10,12,14H,2,11,13H2,1H3,(H,25,30)(H,26,29,31). The molecular formula is C23H21FN4O3. The maximum Gasteiger partial charge on any atom is 0.276 e. The fourth-order valence-corrected chi connectivity index (χ4v) is 3.82. The SMILES string of the molecule is CCC1(c2ccc(NC(=O)c3ccn(-c4ccc(F)cc4)n3)cc2)CCC(=O)NC1=O. The zero-order valence-electron chi connectivity index (χ0n) is 16.9. The van der Waals surface area contributed by atoms with Crippen LogP contribution in [0.3, 0.4) is 0 Å². The molecule has 3 aromatic rings. The molecule has 1 unspecified atom stereocenters. The van der Waals surface area contributed by atoms with Crippen LogP contribution >= 0.6 is 0 Å². The van der Waals surface area contributed by atoms with E-state index in [1.54, 1.807) is 48.7 Å². The zero-order chi connectivity index (χ0) is 22.0. The van der Waals surface area contributed by atoms with Gasteiger partial charge in [-0.3, -0.25) is 19.7 Å². The van der Waals surface area contributed by atoms with Crippen molar-refractivity contribution in [2.75, 3.05) is 5.32 Å². The molecule has 8 heteroatoms. The second-order valence-corrected chi connectivity index (χ2v) is 7.47. The Morgan fingerprint density at radius 3 is 2.48 bits per heavy atom. The molecule has 1 aliphatic rings. The zero-order valence-corrected chi connectivity index (χ0v) is 16.9. The summed E-state index contributed by atoms with van der Waals surface area (Å²) in [5.74, 6) is -1.27. The number of carbonyl (C=O) groups excluding carboxylic acids is 3. The summed E-state index contributed by atoms with van der Waals surface area (Å²) in [6, 6.07) is 14.4. The molecule has 0 bridgehead atoms. The van der Waals surface area contributed by atoms with E-state index in [4.69, 9.17) is 0 Å². The Labute approximate surface area is 178 Å². The maximum absolute atomic E-state index is 13.1. The molecule has 7 nitrogen and oxygen atoms in total. The summed E-state index contributed by atoms with van der Waals surface area (Å²) < 4.78 is 14.6. The normalized spacial score (nSPS) is 18.5. The number of piperidine rings is 1. The van der Waals surface area contributed by atoms with Gasteiger partial charge in [-0.1, -0.05) is 19.1 Å². The first-order valence-corrected chi connectivity index (χ1v) is 9.99. The van der Waals surface area contributed by atoms with Crippen LogP contribution in [0.1, 0.15) is 42.2 Å². The van der Waals surface area contributed by atoms with Crippen molar-refractivity contribution >= 4 is 23.4 Å². The van der Waals surface area contributed by atoms with E-state index in [0.717, 1.165) is 5.56 Å². The second kappa shape index (κ2) is 8.14. The monoisotopic (exact) mass is 420 g/mol. The third-order valence-corrected chi connectivity index (χ3v) is 5.68. The molecule has 4 rings (SSSR count). The van der Waals surface area contributed by atoms with Crippen molar-refractivity contribution in [3.05, 3.63) is 77.9 Å². The van der Waals surface area contributed by atoms with Crippen molar-refractivity contribution < 1.29 is 18.8 Å². The highest BCUT2D eigenvalue weighted by Crippen LogP contribution is 2.36. The fourth-order valence-electron chi connectivity index (χ4n) is 3.82. The molecule has 1 atom stereocenters. The number of nitrogens with one attached hydrogen (secondary N) is 2. The van der Waals surface area contributed by atoms with Gasteiger partial charge in [-0.05, 0) is 60.9 Å². The second-order valence-electron chi connectivity index (χ2n) is 7.47. The number of anilines is 1. The molecule has 0 spiro atoms. The van der Waals surface area contributed by atoms with Crippen molar-refractivity contribution in [3.8, 4) is 5.69 Å². The largest absolute Gasteiger partial charge is 0.321 e. The van der Waals surface area contributed by atoms with Gasteiger partial charge >= 0.3 is 0 Å². The van der Waals surface area contributed by atoms with Gasteiger partial charge in [0.25, 0.3) is 5.91 Å². The van der Waals surface area contributed by atoms with Gasteiger partial charge in [0, 0.05) is 18.3 Å². The Balaban J connectivity index is 1.48. The fraction of sp³-hybridized carbons (Fsp3) is 0.217. The number of hydrogen-bond donors (Lipinski definition) is 2. The van der Waals surface area contributed by atoms with Crippen molar-refractivity contribution in [2.45, 2.75) is 31.6 Å². The minimum Gasteiger partial charge on any atom is -0.321 e. The molecule has 2 N–H and O–H groups in total. The molecule has 2 aromatic carbocycles. The molecule has 0 radical (unpaired) electrons. The van der Waals surface area contributed by atoms with E-state index in [2.05, 4.69) is 15.7 Å². The van der Waals surface area contributed by atoms with E-state index in [9.17, 15) is 18.8 Å². The lowest BCUT2D eigenvalue weighted by molar-refractivity contribution is -0.138. The van der Waals surface area contributed by atoms with Crippen LogP contribution in [0.4, 0.5) is 10.1 Å². The number of nitrogens with zero attached hydrogens (tertiary/aromatic N) is 2. The van der Waals surface area contributed by atoms with E-state index >= 15 is 0 Å². The Bertz CT molecular complexity index is 1140. The number of benzene rings is 2. The van der Waals surface area contributed by atoms with Crippen LogP contribution in [-0.4, -0.2) is 27.5 Å².